The minimum absolute atomic E-state index is 0.275. The maximum Gasteiger partial charge on any atom is 0.241 e. The summed E-state index contributed by atoms with van der Waals surface area (Å²) in [6.45, 7) is 3.95. The van der Waals surface area contributed by atoms with Crippen LogP contribution in [0.15, 0.2) is 41.3 Å². The summed E-state index contributed by atoms with van der Waals surface area (Å²) >= 11 is 0. The first-order chi connectivity index (χ1) is 11.4. The van der Waals surface area contributed by atoms with Gasteiger partial charge in [0.15, 0.2) is 11.5 Å². The molecule has 0 spiro atoms. The number of hydrogen-bond acceptors (Lipinski definition) is 4. The second-order valence-electron chi connectivity index (χ2n) is 6.05. The van der Waals surface area contributed by atoms with Crippen LogP contribution in [-0.4, -0.2) is 28.2 Å². The van der Waals surface area contributed by atoms with Gasteiger partial charge in [0.05, 0.1) is 18.0 Å². The number of para-hydroxylation sites is 1. The van der Waals surface area contributed by atoms with E-state index in [0.29, 0.717) is 22.8 Å². The molecule has 24 heavy (non-hydrogen) atoms. The van der Waals surface area contributed by atoms with Crippen LogP contribution < -0.4 is 14.2 Å². The van der Waals surface area contributed by atoms with Crippen molar-refractivity contribution in [3.63, 3.8) is 0 Å². The number of rotatable bonds is 4. The molecule has 0 fully saturated rings. The van der Waals surface area contributed by atoms with Gasteiger partial charge in [-0.15, -0.1) is 0 Å². The molecule has 2 aromatic rings. The van der Waals surface area contributed by atoms with Crippen LogP contribution in [0.25, 0.3) is 0 Å². The van der Waals surface area contributed by atoms with E-state index >= 15 is 0 Å². The van der Waals surface area contributed by atoms with Crippen LogP contribution in [-0.2, 0) is 16.4 Å². The largest absolute Gasteiger partial charge is 0.493 e. The molecule has 3 rings (SSSR count). The van der Waals surface area contributed by atoms with Crippen LogP contribution >= 0.6 is 0 Å². The molecule has 5 nitrogen and oxygen atoms in total. The molecule has 2 aromatic carbocycles. The highest BCUT2D eigenvalue weighted by Crippen LogP contribution is 2.34. The Morgan fingerprint density at radius 3 is 2.75 bits per heavy atom. The Kier molecular flexibility index (Phi) is 4.51. The van der Waals surface area contributed by atoms with Gasteiger partial charge in [-0.2, -0.15) is 0 Å². The molecular weight excluding hydrogens is 326 g/mol. The fraction of sp³-hybridized carbons (Fsp3) is 0.333. The Balaban J connectivity index is 1.83. The zero-order chi connectivity index (χ0) is 17.3. The Labute approximate surface area is 142 Å². The lowest BCUT2D eigenvalue weighted by molar-refractivity contribution is 0.240. The molecule has 0 saturated carbocycles. The van der Waals surface area contributed by atoms with Crippen molar-refractivity contribution in [3.05, 3.63) is 53.1 Å². The molecule has 1 aliphatic rings. The standard InChI is InChI=1S/C18H21NO4S/c1-12-7-8-13(2)17(9-12)24(20,21)19-15-10-14-5-4-6-16(22-3)18(14)23-11-15/h4-9,15,19H,10-11H2,1-3H3/t15-/m0/s1. The first kappa shape index (κ1) is 16.8. The third-order valence-corrected chi connectivity index (χ3v) is 5.79. The number of fused-ring (bicyclic) bond motifs is 1. The number of hydrogen-bond donors (Lipinski definition) is 1. The van der Waals surface area contributed by atoms with Gasteiger partial charge in [-0.25, -0.2) is 13.1 Å². The van der Waals surface area contributed by atoms with Crippen LogP contribution in [0.5, 0.6) is 11.5 Å². The fourth-order valence-electron chi connectivity index (χ4n) is 2.91. The number of methoxy groups -OCH3 is 1. The second-order valence-corrected chi connectivity index (χ2v) is 7.73. The number of ether oxygens (including phenoxy) is 2. The smallest absolute Gasteiger partial charge is 0.241 e. The Hall–Kier alpha value is -2.05. The second kappa shape index (κ2) is 6.45. The average Bonchev–Trinajstić information content (AvgIpc) is 2.55. The molecule has 1 heterocycles. The van der Waals surface area contributed by atoms with E-state index in [1.165, 1.54) is 0 Å². The molecule has 0 bridgehead atoms. The van der Waals surface area contributed by atoms with Gasteiger partial charge < -0.3 is 9.47 Å². The van der Waals surface area contributed by atoms with Gasteiger partial charge in [-0.1, -0.05) is 24.3 Å². The summed E-state index contributed by atoms with van der Waals surface area (Å²) in [6, 6.07) is 10.7. The first-order valence-electron chi connectivity index (χ1n) is 7.79. The third-order valence-electron chi connectivity index (χ3n) is 4.13. The van der Waals surface area contributed by atoms with E-state index in [2.05, 4.69) is 4.72 Å². The summed E-state index contributed by atoms with van der Waals surface area (Å²) in [4.78, 5) is 0.318. The minimum atomic E-state index is -3.59. The normalized spacial score (nSPS) is 17.0. The van der Waals surface area contributed by atoms with Gasteiger partial charge in [0.2, 0.25) is 10.0 Å². The van der Waals surface area contributed by atoms with Crippen molar-refractivity contribution in [2.45, 2.75) is 31.2 Å². The zero-order valence-corrected chi connectivity index (χ0v) is 14.8. The van der Waals surface area contributed by atoms with E-state index in [0.717, 1.165) is 16.7 Å². The summed E-state index contributed by atoms with van der Waals surface area (Å²) in [5, 5.41) is 0. The molecular formula is C18H21NO4S. The molecule has 128 valence electrons. The van der Waals surface area contributed by atoms with Crippen molar-refractivity contribution in [1.82, 2.24) is 4.72 Å². The minimum Gasteiger partial charge on any atom is -0.493 e. The quantitative estimate of drug-likeness (QED) is 0.923. The van der Waals surface area contributed by atoms with Crippen molar-refractivity contribution >= 4 is 10.0 Å². The lowest BCUT2D eigenvalue weighted by atomic mass is 10.0. The van der Waals surface area contributed by atoms with Crippen LogP contribution in [0.4, 0.5) is 0 Å². The highest BCUT2D eigenvalue weighted by atomic mass is 32.2. The Morgan fingerprint density at radius 2 is 2.00 bits per heavy atom. The molecule has 0 unspecified atom stereocenters. The molecule has 0 aliphatic carbocycles. The van der Waals surface area contributed by atoms with E-state index in [4.69, 9.17) is 9.47 Å². The maximum absolute atomic E-state index is 12.7. The lowest BCUT2D eigenvalue weighted by Crippen LogP contribution is -2.42. The monoisotopic (exact) mass is 347 g/mol. The molecule has 0 radical (unpaired) electrons. The van der Waals surface area contributed by atoms with E-state index in [9.17, 15) is 8.42 Å². The molecule has 0 saturated heterocycles. The highest BCUT2D eigenvalue weighted by Gasteiger charge is 2.27. The fourth-order valence-corrected chi connectivity index (χ4v) is 4.46. The highest BCUT2D eigenvalue weighted by molar-refractivity contribution is 7.89. The summed E-state index contributed by atoms with van der Waals surface area (Å²) in [5.41, 5.74) is 2.58. The summed E-state index contributed by atoms with van der Waals surface area (Å²) in [7, 11) is -2.00. The van der Waals surface area contributed by atoms with Gasteiger partial charge in [0.25, 0.3) is 0 Å². The van der Waals surface area contributed by atoms with Crippen LogP contribution in [0.3, 0.4) is 0 Å². The van der Waals surface area contributed by atoms with Crippen LogP contribution in [0.1, 0.15) is 16.7 Å². The molecule has 0 amide bonds. The van der Waals surface area contributed by atoms with E-state index in [1.54, 1.807) is 20.1 Å². The molecule has 1 atom stereocenters. The van der Waals surface area contributed by atoms with E-state index < -0.39 is 10.0 Å². The van der Waals surface area contributed by atoms with Crippen LogP contribution in [0.2, 0.25) is 0 Å². The number of sulfonamides is 1. The number of nitrogens with one attached hydrogen (secondary N) is 1. The molecule has 1 N–H and O–H groups in total. The topological polar surface area (TPSA) is 64.6 Å². The maximum atomic E-state index is 12.7. The van der Waals surface area contributed by atoms with Gasteiger partial charge in [-0.05, 0) is 49.1 Å². The van der Waals surface area contributed by atoms with Crippen molar-refractivity contribution in [3.8, 4) is 11.5 Å². The number of benzene rings is 2. The summed E-state index contributed by atoms with van der Waals surface area (Å²) < 4.78 is 39.2. The van der Waals surface area contributed by atoms with Gasteiger partial charge >= 0.3 is 0 Å². The van der Waals surface area contributed by atoms with Crippen molar-refractivity contribution in [2.24, 2.45) is 0 Å². The lowest BCUT2D eigenvalue weighted by Gasteiger charge is -2.27. The van der Waals surface area contributed by atoms with Crippen molar-refractivity contribution < 1.29 is 17.9 Å². The predicted molar refractivity (Wildman–Crippen MR) is 92.2 cm³/mol. The molecule has 6 heteroatoms. The Bertz CT molecular complexity index is 861. The van der Waals surface area contributed by atoms with E-state index in [-0.39, 0.29) is 12.6 Å². The van der Waals surface area contributed by atoms with Gasteiger partial charge in [0, 0.05) is 0 Å². The molecule has 0 aromatic heterocycles. The van der Waals surface area contributed by atoms with Crippen LogP contribution in [0, 0.1) is 13.8 Å². The van der Waals surface area contributed by atoms with Crippen molar-refractivity contribution in [2.75, 3.05) is 13.7 Å². The predicted octanol–water partition coefficient (Wildman–Crippen LogP) is 2.59. The first-order valence-corrected chi connectivity index (χ1v) is 9.27. The summed E-state index contributed by atoms with van der Waals surface area (Å²) in [5.74, 6) is 1.37. The van der Waals surface area contributed by atoms with Crippen molar-refractivity contribution in [1.29, 1.82) is 0 Å². The zero-order valence-electron chi connectivity index (χ0n) is 14.0. The SMILES string of the molecule is COc1cccc2c1OC[C@@H](NS(=O)(=O)c1cc(C)ccc1C)C2. The summed E-state index contributed by atoms with van der Waals surface area (Å²) in [6.07, 6.45) is 0.566. The van der Waals surface area contributed by atoms with Gasteiger partial charge in [-0.3, -0.25) is 0 Å². The third kappa shape index (κ3) is 3.25. The Morgan fingerprint density at radius 1 is 1.21 bits per heavy atom. The average molecular weight is 347 g/mol. The number of aryl methyl sites for hydroxylation is 2. The molecule has 1 aliphatic heterocycles. The van der Waals surface area contributed by atoms with E-state index in [1.807, 2.05) is 37.3 Å². The van der Waals surface area contributed by atoms with Gasteiger partial charge in [0.1, 0.15) is 6.61 Å².